The molecule has 7 rings (SSSR count). The van der Waals surface area contributed by atoms with Gasteiger partial charge in [0.05, 0.1) is 0 Å². The normalized spacial score (nSPS) is 16.2. The van der Waals surface area contributed by atoms with Gasteiger partial charge in [0.25, 0.3) is 0 Å². The maximum atomic E-state index is 6.50. The largest absolute Gasteiger partial charge is 0.456 e. The highest BCUT2D eigenvalue weighted by Crippen LogP contribution is 2.39. The van der Waals surface area contributed by atoms with E-state index in [9.17, 15) is 0 Å². The van der Waals surface area contributed by atoms with Crippen molar-refractivity contribution >= 4 is 27.5 Å². The second-order valence-corrected chi connectivity index (χ2v) is 12.0. The summed E-state index contributed by atoms with van der Waals surface area (Å²) in [7, 11) is 0. The summed E-state index contributed by atoms with van der Waals surface area (Å²) in [5, 5.41) is 2.03. The van der Waals surface area contributed by atoms with Gasteiger partial charge in [0, 0.05) is 27.5 Å². The van der Waals surface area contributed by atoms with Crippen LogP contribution < -0.4 is 0 Å². The zero-order valence-electron chi connectivity index (χ0n) is 27.4. The molecule has 1 aliphatic carbocycles. The van der Waals surface area contributed by atoms with Crippen molar-refractivity contribution < 1.29 is 4.42 Å². The van der Waals surface area contributed by atoms with Crippen LogP contribution in [0.4, 0.5) is 0 Å². The van der Waals surface area contributed by atoms with Crippen LogP contribution in [0.5, 0.6) is 0 Å². The highest BCUT2D eigenvalue weighted by molar-refractivity contribution is 6.12. The number of furan rings is 1. The first-order valence-electron chi connectivity index (χ1n) is 16.7. The van der Waals surface area contributed by atoms with Crippen molar-refractivity contribution in [2.24, 2.45) is 0 Å². The summed E-state index contributed by atoms with van der Waals surface area (Å²) in [6, 6.07) is 31.1. The molecular weight excluding hydrogens is 599 g/mol. The van der Waals surface area contributed by atoms with E-state index in [-0.39, 0.29) is 0 Å². The van der Waals surface area contributed by atoms with Crippen LogP contribution in [-0.4, -0.2) is 15.0 Å². The van der Waals surface area contributed by atoms with Crippen LogP contribution in [0.1, 0.15) is 30.4 Å². The van der Waals surface area contributed by atoms with Crippen LogP contribution in [-0.2, 0) is 6.42 Å². The number of hydrogen-bond acceptors (Lipinski definition) is 4. The molecule has 0 N–H and O–H groups in total. The Balaban J connectivity index is 1.39. The van der Waals surface area contributed by atoms with E-state index in [1.54, 1.807) is 6.08 Å². The van der Waals surface area contributed by atoms with Gasteiger partial charge in [0.1, 0.15) is 11.2 Å². The lowest BCUT2D eigenvalue weighted by Crippen LogP contribution is -2.01. The van der Waals surface area contributed by atoms with E-state index in [2.05, 4.69) is 92.1 Å². The summed E-state index contributed by atoms with van der Waals surface area (Å²) in [5.41, 5.74) is 9.05. The van der Waals surface area contributed by atoms with Crippen LogP contribution in [0, 0.1) is 0 Å². The number of hydrogen-bond donors (Lipinski definition) is 0. The van der Waals surface area contributed by atoms with E-state index in [0.717, 1.165) is 75.4 Å². The van der Waals surface area contributed by atoms with Crippen LogP contribution in [0.3, 0.4) is 0 Å². The number of allylic oxidation sites excluding steroid dienone is 12. The lowest BCUT2D eigenvalue weighted by Gasteiger charge is -2.13. The highest BCUT2D eigenvalue weighted by atomic mass is 16.3. The maximum absolute atomic E-state index is 6.50. The Hall–Kier alpha value is -6.13. The molecule has 1 aliphatic rings. The van der Waals surface area contributed by atoms with E-state index in [1.807, 2.05) is 66.8 Å². The van der Waals surface area contributed by atoms with E-state index < -0.39 is 0 Å². The molecule has 49 heavy (non-hydrogen) atoms. The minimum Gasteiger partial charge on any atom is -0.456 e. The standard InChI is InChI=1S/C45H37N3O/c1-3-4-5-6-10-19-33-26-28-36(29-27-33)44-46-43(35-21-12-8-13-22-35)47-45(48-44)39-30-37(34-20-11-7-9-17-32(2)18-16-23-34)31-41-42(39)38-24-14-15-25-40(38)49-41/h3-15,17,21-31H,1-2,16,18-20H2/b5-4-,10-6-,11-7-,17-9-,34-23+. The molecule has 6 aromatic rings. The van der Waals surface area contributed by atoms with Crippen molar-refractivity contribution in [2.75, 3.05) is 0 Å². The van der Waals surface area contributed by atoms with Gasteiger partial charge >= 0.3 is 0 Å². The minimum absolute atomic E-state index is 0.607. The number of nitrogens with zero attached hydrogens (tertiary/aromatic N) is 3. The van der Waals surface area contributed by atoms with Gasteiger partial charge in [0.15, 0.2) is 17.5 Å². The molecule has 0 aliphatic heterocycles. The summed E-state index contributed by atoms with van der Waals surface area (Å²) in [5.74, 6) is 1.85. The van der Waals surface area contributed by atoms with Crippen LogP contribution in [0.2, 0.25) is 0 Å². The molecule has 4 aromatic carbocycles. The first-order valence-corrected chi connectivity index (χ1v) is 16.7. The van der Waals surface area contributed by atoms with Gasteiger partial charge in [-0.25, -0.2) is 15.0 Å². The maximum Gasteiger partial charge on any atom is 0.164 e. The van der Waals surface area contributed by atoms with E-state index in [0.29, 0.717) is 17.5 Å². The van der Waals surface area contributed by atoms with Crippen LogP contribution in [0.15, 0.2) is 175 Å². The van der Waals surface area contributed by atoms with Crippen molar-refractivity contribution in [3.63, 3.8) is 0 Å². The smallest absolute Gasteiger partial charge is 0.164 e. The first kappa shape index (κ1) is 31.5. The molecule has 0 bridgehead atoms. The topological polar surface area (TPSA) is 51.8 Å². The minimum atomic E-state index is 0.607. The van der Waals surface area contributed by atoms with Crippen molar-refractivity contribution in [1.82, 2.24) is 15.0 Å². The Morgan fingerprint density at radius 3 is 2.29 bits per heavy atom. The van der Waals surface area contributed by atoms with Gasteiger partial charge < -0.3 is 4.42 Å². The predicted octanol–water partition coefficient (Wildman–Crippen LogP) is 11.8. The monoisotopic (exact) mass is 635 g/mol. The second-order valence-electron chi connectivity index (χ2n) is 12.0. The zero-order chi connectivity index (χ0) is 33.4. The van der Waals surface area contributed by atoms with E-state index >= 15 is 0 Å². The van der Waals surface area contributed by atoms with Gasteiger partial charge in [0.2, 0.25) is 0 Å². The SMILES string of the molecule is C=C/C=C\C=C/Cc1ccc(-c2nc(-c3ccccc3)nc(-c3cc(/C4=C/CCC(=C)/C=C\C=C/C4)cc4oc5ccccc5c34)n2)cc1. The lowest BCUT2D eigenvalue weighted by molar-refractivity contribution is 0.669. The molecular formula is C45H37N3O. The third-order valence-electron chi connectivity index (χ3n) is 8.59. The fraction of sp³-hybridized carbons (Fsp3) is 0.0889. The fourth-order valence-corrected chi connectivity index (χ4v) is 6.07. The molecule has 0 saturated carbocycles. The summed E-state index contributed by atoms with van der Waals surface area (Å²) < 4.78 is 6.50. The molecule has 2 heterocycles. The number of fused-ring (bicyclic) bond motifs is 3. The second kappa shape index (κ2) is 14.7. The van der Waals surface area contributed by atoms with Gasteiger partial charge in [-0.05, 0) is 60.6 Å². The Morgan fingerprint density at radius 2 is 1.47 bits per heavy atom. The van der Waals surface area contributed by atoms with Crippen molar-refractivity contribution in [3.05, 3.63) is 182 Å². The molecule has 238 valence electrons. The number of para-hydroxylation sites is 1. The average Bonchev–Trinajstić information content (AvgIpc) is 3.53. The molecule has 4 nitrogen and oxygen atoms in total. The Morgan fingerprint density at radius 1 is 0.714 bits per heavy atom. The number of rotatable bonds is 8. The molecule has 0 amide bonds. The number of benzene rings is 4. The highest BCUT2D eigenvalue weighted by Gasteiger charge is 2.20. The van der Waals surface area contributed by atoms with E-state index in [4.69, 9.17) is 19.4 Å². The summed E-state index contributed by atoms with van der Waals surface area (Å²) >= 11 is 0. The van der Waals surface area contributed by atoms with Crippen molar-refractivity contribution in [1.29, 1.82) is 0 Å². The van der Waals surface area contributed by atoms with Crippen LogP contribution in [0.25, 0.3) is 61.7 Å². The first-order chi connectivity index (χ1) is 24.2. The fourth-order valence-electron chi connectivity index (χ4n) is 6.07. The third kappa shape index (κ3) is 7.24. The zero-order valence-corrected chi connectivity index (χ0v) is 27.4. The Kier molecular flexibility index (Phi) is 9.47. The summed E-state index contributed by atoms with van der Waals surface area (Å²) in [6.45, 7) is 7.92. The van der Waals surface area contributed by atoms with Gasteiger partial charge in [-0.3, -0.25) is 0 Å². The Labute approximate surface area is 287 Å². The molecule has 2 aromatic heterocycles. The van der Waals surface area contributed by atoms with Gasteiger partial charge in [-0.1, -0.05) is 152 Å². The van der Waals surface area contributed by atoms with Gasteiger partial charge in [-0.15, -0.1) is 0 Å². The van der Waals surface area contributed by atoms with E-state index in [1.165, 1.54) is 11.1 Å². The molecule has 0 saturated heterocycles. The number of aromatic nitrogens is 3. The summed E-state index contributed by atoms with van der Waals surface area (Å²) in [6.07, 6.45) is 24.0. The van der Waals surface area contributed by atoms with Crippen LogP contribution >= 0.6 is 0 Å². The predicted molar refractivity (Wildman–Crippen MR) is 205 cm³/mol. The quantitative estimate of drug-likeness (QED) is 0.156. The van der Waals surface area contributed by atoms with Crippen molar-refractivity contribution in [2.45, 2.75) is 25.7 Å². The molecule has 0 unspecified atom stereocenters. The molecule has 0 spiro atoms. The molecule has 0 radical (unpaired) electrons. The Bertz CT molecular complexity index is 2300. The summed E-state index contributed by atoms with van der Waals surface area (Å²) in [4.78, 5) is 15.3. The lowest BCUT2D eigenvalue weighted by atomic mass is 9.94. The van der Waals surface area contributed by atoms with Gasteiger partial charge in [-0.2, -0.15) is 0 Å². The molecule has 4 heteroatoms. The average molecular weight is 636 g/mol. The third-order valence-corrected chi connectivity index (χ3v) is 8.59. The molecule has 0 fully saturated rings. The van der Waals surface area contributed by atoms with Crippen molar-refractivity contribution in [3.8, 4) is 34.2 Å². The molecule has 0 atom stereocenters.